The van der Waals surface area contributed by atoms with E-state index in [0.29, 0.717) is 45.0 Å². The molecule has 2 aromatic carbocycles. The lowest BCUT2D eigenvalue weighted by atomic mass is 10.0. The first-order valence-corrected chi connectivity index (χ1v) is 33.3. The second-order valence-electron chi connectivity index (χ2n) is 24.7. The molecule has 5 aromatic rings. The summed E-state index contributed by atoms with van der Waals surface area (Å²) in [5.41, 5.74) is 64.9. The minimum Gasteiger partial charge on any atom is -0.480 e. The van der Waals surface area contributed by atoms with Gasteiger partial charge in [-0.2, -0.15) is 0 Å². The number of carbonyl (C=O) groups is 9. The molecule has 0 saturated heterocycles. The van der Waals surface area contributed by atoms with Gasteiger partial charge >= 0.3 is 5.97 Å². The number of benzene rings is 2. The highest BCUT2D eigenvalue weighted by Crippen LogP contribution is 2.22. The molecule has 0 radical (unpaired) electrons. The lowest BCUT2D eigenvalue weighted by Crippen LogP contribution is -2.61. The molecule has 0 aliphatic carbocycles. The number of carbonyl (C=O) groups excluding carboxylic acids is 8. The Bertz CT molecular complexity index is 3730. The van der Waals surface area contributed by atoms with Crippen LogP contribution in [0.25, 0.3) is 21.8 Å². The predicted octanol–water partition coefficient (Wildman–Crippen LogP) is -5.00. The smallest absolute Gasteiger partial charge is 0.326 e. The van der Waals surface area contributed by atoms with Crippen molar-refractivity contribution in [3.8, 4) is 0 Å². The number of guanidine groups is 5. The monoisotopic (exact) mass is 1420 g/mol. The summed E-state index contributed by atoms with van der Waals surface area (Å²) in [5, 5.41) is 33.2. The van der Waals surface area contributed by atoms with Crippen LogP contribution in [-0.2, 0) is 62.4 Å². The highest BCUT2D eigenvalue weighted by molar-refractivity contribution is 5.99. The van der Waals surface area contributed by atoms with Gasteiger partial charge in [-0.3, -0.25) is 63.3 Å². The number of hydrogen-bond acceptors (Lipinski definition) is 16. The van der Waals surface area contributed by atoms with Crippen molar-refractivity contribution in [3.05, 3.63) is 90.3 Å². The molecule has 0 fully saturated rings. The Morgan fingerprint density at radius 1 is 0.412 bits per heavy atom. The average molecular weight is 1420 g/mol. The molecular formula is C64H100N28O10. The van der Waals surface area contributed by atoms with Crippen LogP contribution in [0.2, 0.25) is 0 Å². The van der Waals surface area contributed by atoms with E-state index in [2.05, 4.69) is 87.4 Å². The van der Waals surface area contributed by atoms with Gasteiger partial charge < -0.3 is 126 Å². The number of nitrogens with zero attached hydrogens (tertiary/aromatic N) is 6. The molecule has 0 spiro atoms. The van der Waals surface area contributed by atoms with Crippen LogP contribution in [0.15, 0.2) is 98.4 Å². The van der Waals surface area contributed by atoms with E-state index >= 15 is 19.2 Å². The molecule has 3 aromatic heterocycles. The van der Waals surface area contributed by atoms with E-state index in [4.69, 9.17) is 63.1 Å². The standard InChI is InChI=1S/C64H100N28O10/c1-34(2)26-50(59(101)102)92-55(97)46(20-11-25-81-64(74)75)87-56(98)47(27-35-30-82-41-15-5-3-12-38(35)41)89-54(96)45(19-10-24-80-63(72)73)88-58(100)49(29-37-32-76-33-84-37)91-57(99)48(28-36-31-83-42-16-6-4-13-39(36)42)90-53(95)44(18-9-23-79-62(70)71)86-52(94)43(17-8-22-78-61(68)69)85-51(93)40(65)14-7-21-77-60(66)67/h3-6,12-13,15-16,30-34,40,43-50,82-83H,7-11,14,17-29,65H2,1-2H3,(H,76,84)(H,85,93)(H,86,94)(H,87,98)(H,88,100)(H,89,96)(H,90,95)(H,91,99)(H,92,97)(H,101,102)(H4,66,67,77)(H4,68,69,78)(H4,70,71,79)(H4,72,73,80)(H4,74,75,81)/t40-,43-,44-,45-,46-,47-,48-,49-,50-/m0/s1. The van der Waals surface area contributed by atoms with E-state index in [-0.39, 0.29) is 152 Å². The highest BCUT2D eigenvalue weighted by Gasteiger charge is 2.36. The fourth-order valence-corrected chi connectivity index (χ4v) is 10.9. The van der Waals surface area contributed by atoms with Crippen molar-refractivity contribution < 1.29 is 48.3 Å². The summed E-state index contributed by atoms with van der Waals surface area (Å²) in [6.07, 6.45) is 5.91. The first-order valence-electron chi connectivity index (χ1n) is 33.3. The maximum Gasteiger partial charge on any atom is 0.326 e. The molecule has 34 N–H and O–H groups in total. The second kappa shape index (κ2) is 41.6. The molecule has 5 rings (SSSR count). The maximum absolute atomic E-state index is 15.3. The predicted molar refractivity (Wildman–Crippen MR) is 386 cm³/mol. The van der Waals surface area contributed by atoms with Gasteiger partial charge in [-0.05, 0) is 99.8 Å². The zero-order chi connectivity index (χ0) is 74.8. The first kappa shape index (κ1) is 80.9. The summed E-state index contributed by atoms with van der Waals surface area (Å²) in [4.78, 5) is 163. The largest absolute Gasteiger partial charge is 0.480 e. The second-order valence-corrected chi connectivity index (χ2v) is 24.7. The number of carboxylic acids is 1. The van der Waals surface area contributed by atoms with Crippen LogP contribution >= 0.6 is 0 Å². The third-order valence-electron chi connectivity index (χ3n) is 16.0. The molecule has 8 amide bonds. The summed E-state index contributed by atoms with van der Waals surface area (Å²) in [6, 6.07) is 1.62. The Labute approximate surface area is 588 Å². The number of aliphatic imine (C=N–C) groups is 5. The van der Waals surface area contributed by atoms with Crippen LogP contribution in [-0.4, -0.2) is 195 Å². The van der Waals surface area contributed by atoms with Crippen LogP contribution in [0.3, 0.4) is 0 Å². The number of fused-ring (bicyclic) bond motifs is 2. The number of imidazole rings is 1. The van der Waals surface area contributed by atoms with Crippen molar-refractivity contribution in [1.29, 1.82) is 0 Å². The van der Waals surface area contributed by atoms with Crippen molar-refractivity contribution in [2.45, 2.75) is 158 Å². The summed E-state index contributed by atoms with van der Waals surface area (Å²) in [6.45, 7) is 3.81. The Morgan fingerprint density at radius 2 is 0.716 bits per heavy atom. The summed E-state index contributed by atoms with van der Waals surface area (Å²) >= 11 is 0. The number of amides is 8. The van der Waals surface area contributed by atoms with Gasteiger partial charge in [0, 0.05) is 98.1 Å². The normalized spacial score (nSPS) is 13.7. The molecule has 0 saturated carbocycles. The molecule has 102 heavy (non-hydrogen) atoms. The lowest BCUT2D eigenvalue weighted by Gasteiger charge is -2.28. The van der Waals surface area contributed by atoms with Crippen LogP contribution in [0.1, 0.15) is 101 Å². The van der Waals surface area contributed by atoms with E-state index in [1.807, 2.05) is 0 Å². The average Bonchev–Trinajstić information content (AvgIpc) is 1.68. The van der Waals surface area contributed by atoms with Gasteiger partial charge in [0.25, 0.3) is 0 Å². The molecule has 3 heterocycles. The van der Waals surface area contributed by atoms with Crippen molar-refractivity contribution in [3.63, 3.8) is 0 Å². The summed E-state index contributed by atoms with van der Waals surface area (Å²) in [7, 11) is 0. The van der Waals surface area contributed by atoms with Gasteiger partial charge in [0.1, 0.15) is 48.3 Å². The Morgan fingerprint density at radius 3 is 1.04 bits per heavy atom. The lowest BCUT2D eigenvalue weighted by molar-refractivity contribution is -0.143. The number of para-hydroxylation sites is 2. The number of H-pyrrole nitrogens is 3. The summed E-state index contributed by atoms with van der Waals surface area (Å²) in [5.74, 6) is -9.44. The molecule has 556 valence electrons. The maximum atomic E-state index is 15.3. The highest BCUT2D eigenvalue weighted by atomic mass is 16.4. The molecule has 0 bridgehead atoms. The molecule has 0 unspecified atom stereocenters. The topological polar surface area (TPSA) is 678 Å². The first-order chi connectivity index (χ1) is 48.6. The quantitative estimate of drug-likeness (QED) is 0.00986. The third kappa shape index (κ3) is 28.2. The van der Waals surface area contributed by atoms with E-state index in [0.717, 1.165) is 0 Å². The molecule has 0 aliphatic heterocycles. The Hall–Kier alpha value is -11.7. The van der Waals surface area contributed by atoms with Crippen molar-refractivity contribution in [2.24, 2.45) is 94.0 Å². The number of rotatable bonds is 45. The number of aliphatic carboxylic acids is 1. The molecular weight excluding hydrogens is 1320 g/mol. The van der Waals surface area contributed by atoms with E-state index < -0.39 is 108 Å². The van der Waals surface area contributed by atoms with Crippen molar-refractivity contribution in [1.82, 2.24) is 62.5 Å². The minimum atomic E-state index is -1.57. The number of hydrogen-bond donors (Lipinski definition) is 23. The van der Waals surface area contributed by atoms with Gasteiger partial charge in [-0.1, -0.05) is 50.2 Å². The number of carboxylic acid groups (broad SMARTS) is 1. The Balaban J connectivity index is 1.53. The third-order valence-corrected chi connectivity index (χ3v) is 16.0. The fraction of sp³-hybridized carbons (Fsp3) is 0.484. The van der Waals surface area contributed by atoms with Crippen LogP contribution < -0.4 is 106 Å². The fourth-order valence-electron chi connectivity index (χ4n) is 10.9. The SMILES string of the molecule is CC(C)C[C@H](NC(=O)[C@H](CCCN=C(N)N)NC(=O)[C@H](Cc1c[nH]c2ccccc12)NC(=O)[C@H](CCCN=C(N)N)NC(=O)[C@H](Cc1cnc[nH]1)NC(=O)[C@H](Cc1c[nH]c2ccccc12)NC(=O)[C@H](CCCN=C(N)N)NC(=O)[C@H](CCCN=C(N)N)NC(=O)[C@@H](N)CCCN=C(N)N)C(=O)O. The number of nitrogens with two attached hydrogens (primary N) is 11. The molecule has 38 heteroatoms. The van der Waals surface area contributed by atoms with Gasteiger partial charge in [-0.25, -0.2) is 9.78 Å². The molecule has 38 nitrogen and oxygen atoms in total. The van der Waals surface area contributed by atoms with Crippen molar-refractivity contribution >= 4 is 105 Å². The number of aromatic amines is 3. The summed E-state index contributed by atoms with van der Waals surface area (Å²) < 4.78 is 0. The van der Waals surface area contributed by atoms with Gasteiger partial charge in [0.15, 0.2) is 29.8 Å². The van der Waals surface area contributed by atoms with Crippen LogP contribution in [0.4, 0.5) is 0 Å². The Kier molecular flexibility index (Phi) is 33.0. The van der Waals surface area contributed by atoms with Crippen LogP contribution in [0, 0.1) is 5.92 Å². The van der Waals surface area contributed by atoms with E-state index in [1.54, 1.807) is 74.8 Å². The molecule has 9 atom stereocenters. The number of aromatic nitrogens is 4. The van der Waals surface area contributed by atoms with Crippen LogP contribution in [0.5, 0.6) is 0 Å². The van der Waals surface area contributed by atoms with E-state index in [9.17, 15) is 29.1 Å². The zero-order valence-electron chi connectivity index (χ0n) is 57.3. The molecule has 0 aliphatic rings. The van der Waals surface area contributed by atoms with Gasteiger partial charge in [-0.15, -0.1) is 0 Å². The van der Waals surface area contributed by atoms with Gasteiger partial charge in [0.05, 0.1) is 12.4 Å². The van der Waals surface area contributed by atoms with Gasteiger partial charge in [0.2, 0.25) is 47.3 Å². The van der Waals surface area contributed by atoms with E-state index in [1.165, 1.54) is 12.5 Å². The zero-order valence-corrected chi connectivity index (χ0v) is 57.3. The van der Waals surface area contributed by atoms with Crippen molar-refractivity contribution in [2.75, 3.05) is 32.7 Å². The minimum absolute atomic E-state index is 0.00144. The number of nitrogens with one attached hydrogen (secondary N) is 11.